The zero-order valence-electron chi connectivity index (χ0n) is 8.47. The van der Waals surface area contributed by atoms with Crippen LogP contribution in [0, 0.1) is 0 Å². The summed E-state index contributed by atoms with van der Waals surface area (Å²) in [4.78, 5) is 10.4. The predicted molar refractivity (Wildman–Crippen MR) is 58.1 cm³/mol. The Bertz CT molecular complexity index is 437. The Kier molecular flexibility index (Phi) is 3.43. The summed E-state index contributed by atoms with van der Waals surface area (Å²) in [6.45, 7) is 0. The Morgan fingerprint density at radius 3 is 2.13 bits per heavy atom. The van der Waals surface area contributed by atoms with Gasteiger partial charge in [-0.3, -0.25) is 9.52 Å². The van der Waals surface area contributed by atoms with Crippen molar-refractivity contribution in [3.63, 3.8) is 0 Å². The largest absolute Gasteiger partial charge is 0.301 e. The number of carbonyl (C=O) groups is 1. The molecule has 82 valence electrons. The molecule has 0 radical (unpaired) electrons. The number of nitrogens with zero attached hydrogens (tertiary/aromatic N) is 1. The maximum atomic E-state index is 11.4. The van der Waals surface area contributed by atoms with Crippen molar-refractivity contribution in [1.82, 2.24) is 4.31 Å². The Hall–Kier alpha value is -1.40. The summed E-state index contributed by atoms with van der Waals surface area (Å²) in [5.41, 5.74) is 0.928. The molecule has 0 atom stereocenters. The molecule has 1 aromatic carbocycles. The van der Waals surface area contributed by atoms with E-state index in [-0.39, 0.29) is 0 Å². The van der Waals surface area contributed by atoms with Crippen LogP contribution in [0.25, 0.3) is 0 Å². The molecule has 0 bridgehead atoms. The van der Waals surface area contributed by atoms with Crippen LogP contribution in [0.2, 0.25) is 0 Å². The van der Waals surface area contributed by atoms with E-state index in [9.17, 15) is 13.2 Å². The van der Waals surface area contributed by atoms with Gasteiger partial charge in [-0.15, -0.1) is 0 Å². The second kappa shape index (κ2) is 4.41. The SMILES string of the molecule is CN(C)S(=O)(=O)Nc1ccc(C=O)cc1. The number of benzene rings is 1. The molecular formula is C9H12N2O3S. The number of aldehydes is 1. The van der Waals surface area contributed by atoms with Crippen LogP contribution in [0.15, 0.2) is 24.3 Å². The number of anilines is 1. The Labute approximate surface area is 88.9 Å². The summed E-state index contributed by atoms with van der Waals surface area (Å²) < 4.78 is 26.2. The Morgan fingerprint density at radius 1 is 1.20 bits per heavy atom. The van der Waals surface area contributed by atoms with Crippen LogP contribution in [-0.4, -0.2) is 33.1 Å². The summed E-state index contributed by atoms with van der Waals surface area (Å²) in [7, 11) is -0.610. The molecule has 0 fully saturated rings. The highest BCUT2D eigenvalue weighted by Crippen LogP contribution is 2.10. The van der Waals surface area contributed by atoms with Gasteiger partial charge < -0.3 is 0 Å². The molecule has 0 aromatic heterocycles. The minimum absolute atomic E-state index is 0.425. The number of hydrogen-bond acceptors (Lipinski definition) is 3. The minimum atomic E-state index is -3.48. The van der Waals surface area contributed by atoms with E-state index in [0.29, 0.717) is 17.5 Å². The summed E-state index contributed by atoms with van der Waals surface area (Å²) in [5.74, 6) is 0. The van der Waals surface area contributed by atoms with Crippen LogP contribution in [0.5, 0.6) is 0 Å². The van der Waals surface area contributed by atoms with Gasteiger partial charge in [0.15, 0.2) is 0 Å². The van der Waals surface area contributed by atoms with Gasteiger partial charge in [-0.1, -0.05) is 0 Å². The highest BCUT2D eigenvalue weighted by molar-refractivity contribution is 7.90. The Balaban J connectivity index is 2.87. The van der Waals surface area contributed by atoms with Crippen molar-refractivity contribution < 1.29 is 13.2 Å². The fraction of sp³-hybridized carbons (Fsp3) is 0.222. The molecule has 6 heteroatoms. The van der Waals surface area contributed by atoms with Gasteiger partial charge in [0.25, 0.3) is 0 Å². The average Bonchev–Trinajstić information content (AvgIpc) is 2.18. The first-order chi connectivity index (χ1) is 6.95. The summed E-state index contributed by atoms with van der Waals surface area (Å²) >= 11 is 0. The normalized spacial score (nSPS) is 11.4. The second-order valence-electron chi connectivity index (χ2n) is 3.13. The smallest absolute Gasteiger partial charge is 0.298 e. The van der Waals surface area contributed by atoms with Crippen molar-refractivity contribution in [3.05, 3.63) is 29.8 Å². The fourth-order valence-corrected chi connectivity index (χ4v) is 1.49. The molecule has 0 spiro atoms. The molecule has 0 aliphatic carbocycles. The van der Waals surface area contributed by atoms with Crippen LogP contribution in [-0.2, 0) is 10.2 Å². The van der Waals surface area contributed by atoms with Gasteiger partial charge in [-0.2, -0.15) is 12.7 Å². The molecule has 0 aliphatic rings. The van der Waals surface area contributed by atoms with E-state index in [2.05, 4.69) is 4.72 Å². The monoisotopic (exact) mass is 228 g/mol. The van der Waals surface area contributed by atoms with Crippen molar-refractivity contribution in [2.45, 2.75) is 0 Å². The van der Waals surface area contributed by atoms with Crippen LogP contribution in [0.4, 0.5) is 5.69 Å². The van der Waals surface area contributed by atoms with E-state index < -0.39 is 10.2 Å². The maximum Gasteiger partial charge on any atom is 0.301 e. The van der Waals surface area contributed by atoms with Crippen molar-refractivity contribution in [2.75, 3.05) is 18.8 Å². The van der Waals surface area contributed by atoms with Gasteiger partial charge in [-0.05, 0) is 24.3 Å². The number of rotatable bonds is 4. The van der Waals surface area contributed by atoms with E-state index in [0.717, 1.165) is 4.31 Å². The molecule has 0 saturated carbocycles. The third kappa shape index (κ3) is 3.03. The van der Waals surface area contributed by atoms with Gasteiger partial charge in [0.1, 0.15) is 6.29 Å². The molecular weight excluding hydrogens is 216 g/mol. The summed E-state index contributed by atoms with van der Waals surface area (Å²) in [6.07, 6.45) is 0.699. The van der Waals surface area contributed by atoms with Crippen LogP contribution < -0.4 is 4.72 Å². The average molecular weight is 228 g/mol. The number of hydrogen-bond donors (Lipinski definition) is 1. The molecule has 0 aliphatic heterocycles. The fourth-order valence-electron chi connectivity index (χ4n) is 0.870. The third-order valence-electron chi connectivity index (χ3n) is 1.77. The standard InChI is InChI=1S/C9H12N2O3S/c1-11(2)15(13,14)10-9-5-3-8(7-12)4-6-9/h3-7,10H,1-2H3. The zero-order valence-corrected chi connectivity index (χ0v) is 9.28. The summed E-state index contributed by atoms with van der Waals surface area (Å²) in [5, 5.41) is 0. The minimum Gasteiger partial charge on any atom is -0.298 e. The van der Waals surface area contributed by atoms with Crippen LogP contribution >= 0.6 is 0 Å². The Morgan fingerprint density at radius 2 is 1.73 bits per heavy atom. The lowest BCUT2D eigenvalue weighted by Gasteiger charge is -2.13. The van der Waals surface area contributed by atoms with Gasteiger partial charge in [0, 0.05) is 25.3 Å². The highest BCUT2D eigenvalue weighted by Gasteiger charge is 2.12. The first-order valence-electron chi connectivity index (χ1n) is 4.21. The van der Waals surface area contributed by atoms with Crippen LogP contribution in [0.1, 0.15) is 10.4 Å². The van der Waals surface area contributed by atoms with Crippen molar-refractivity contribution >= 4 is 22.2 Å². The molecule has 0 saturated heterocycles. The van der Waals surface area contributed by atoms with E-state index in [4.69, 9.17) is 0 Å². The van der Waals surface area contributed by atoms with Crippen molar-refractivity contribution in [2.24, 2.45) is 0 Å². The maximum absolute atomic E-state index is 11.4. The molecule has 0 heterocycles. The van der Waals surface area contributed by atoms with E-state index in [1.54, 1.807) is 12.1 Å². The molecule has 0 amide bonds. The first-order valence-corrected chi connectivity index (χ1v) is 5.65. The van der Waals surface area contributed by atoms with E-state index in [1.165, 1.54) is 26.2 Å². The third-order valence-corrected chi connectivity index (χ3v) is 3.23. The quantitative estimate of drug-likeness (QED) is 0.772. The van der Waals surface area contributed by atoms with Crippen LogP contribution in [0.3, 0.4) is 0 Å². The molecule has 15 heavy (non-hydrogen) atoms. The van der Waals surface area contributed by atoms with Crippen molar-refractivity contribution in [3.8, 4) is 0 Å². The zero-order chi connectivity index (χ0) is 11.5. The second-order valence-corrected chi connectivity index (χ2v) is 5.01. The number of nitrogens with one attached hydrogen (secondary N) is 1. The van der Waals surface area contributed by atoms with Gasteiger partial charge in [-0.25, -0.2) is 0 Å². The first kappa shape index (κ1) is 11.7. The van der Waals surface area contributed by atoms with E-state index >= 15 is 0 Å². The van der Waals surface area contributed by atoms with Gasteiger partial charge in [0.05, 0.1) is 0 Å². The lowest BCUT2D eigenvalue weighted by molar-refractivity contribution is 0.112. The summed E-state index contributed by atoms with van der Waals surface area (Å²) in [6, 6.07) is 6.15. The van der Waals surface area contributed by atoms with Gasteiger partial charge >= 0.3 is 10.2 Å². The lowest BCUT2D eigenvalue weighted by Crippen LogP contribution is -2.28. The molecule has 5 nitrogen and oxygen atoms in total. The topological polar surface area (TPSA) is 66.5 Å². The molecule has 0 unspecified atom stereocenters. The van der Waals surface area contributed by atoms with Crippen molar-refractivity contribution in [1.29, 1.82) is 0 Å². The predicted octanol–water partition coefficient (Wildman–Crippen LogP) is 0.717. The van der Waals surface area contributed by atoms with Gasteiger partial charge in [0.2, 0.25) is 0 Å². The molecule has 1 rings (SSSR count). The van der Waals surface area contributed by atoms with E-state index in [1.807, 2.05) is 0 Å². The molecule has 1 N–H and O–H groups in total. The highest BCUT2D eigenvalue weighted by atomic mass is 32.2. The number of carbonyl (C=O) groups excluding carboxylic acids is 1. The molecule has 1 aromatic rings. The lowest BCUT2D eigenvalue weighted by atomic mass is 10.2.